The molecule has 23 heavy (non-hydrogen) atoms. The fraction of sp³-hybridized carbons (Fsp3) is 0.562. The van der Waals surface area contributed by atoms with E-state index in [1.165, 1.54) is 18.2 Å². The molecule has 1 fully saturated rings. The maximum absolute atomic E-state index is 13.0. The van der Waals surface area contributed by atoms with Crippen LogP contribution in [0.2, 0.25) is 5.02 Å². The monoisotopic (exact) mass is 343 g/mol. The Kier molecular flexibility index (Phi) is 7.08. The number of halogens is 2. The molecule has 1 aromatic rings. The molecular formula is C16H23ClFN3O2. The minimum Gasteiger partial charge on any atom is -0.385 e. The molecule has 0 aromatic heterocycles. The normalized spacial score (nSPS) is 18.1. The zero-order valence-corrected chi connectivity index (χ0v) is 14.0. The maximum Gasteiger partial charge on any atom is 0.319 e. The predicted molar refractivity (Wildman–Crippen MR) is 89.5 cm³/mol. The average Bonchev–Trinajstić information content (AvgIpc) is 2.96. The lowest BCUT2D eigenvalue weighted by Crippen LogP contribution is -2.34. The van der Waals surface area contributed by atoms with Crippen LogP contribution in [-0.4, -0.2) is 50.8 Å². The van der Waals surface area contributed by atoms with Crippen LogP contribution in [0.4, 0.5) is 14.9 Å². The second kappa shape index (κ2) is 9.05. The third kappa shape index (κ3) is 5.97. The van der Waals surface area contributed by atoms with Gasteiger partial charge in [-0.15, -0.1) is 0 Å². The summed E-state index contributed by atoms with van der Waals surface area (Å²) in [6, 6.07) is 3.56. The number of hydrogen-bond donors (Lipinski definition) is 2. The molecule has 1 aliphatic heterocycles. The second-order valence-electron chi connectivity index (χ2n) is 5.76. The molecule has 0 bridgehead atoms. The zero-order chi connectivity index (χ0) is 16.7. The average molecular weight is 344 g/mol. The van der Waals surface area contributed by atoms with E-state index in [4.69, 9.17) is 16.3 Å². The number of urea groups is 1. The van der Waals surface area contributed by atoms with Gasteiger partial charge in [-0.3, -0.25) is 0 Å². The predicted octanol–water partition coefficient (Wildman–Crippen LogP) is 2.96. The standard InChI is InChI=1S/C16H23ClFN3O2/c1-23-8-2-6-21-7-5-12(11-21)10-19-16(22)20-15-4-3-13(18)9-14(15)17/h3-4,9,12H,2,5-8,10-11H2,1H3,(H2,19,20,22)/t12-/m1/s1. The number of rotatable bonds is 7. The van der Waals surface area contributed by atoms with Gasteiger partial charge in [-0.25, -0.2) is 9.18 Å². The van der Waals surface area contributed by atoms with Gasteiger partial charge in [0.15, 0.2) is 0 Å². The SMILES string of the molecule is COCCCN1CC[C@H](CNC(=O)Nc2ccc(F)cc2Cl)C1. The molecule has 2 rings (SSSR count). The fourth-order valence-corrected chi connectivity index (χ4v) is 2.92. The highest BCUT2D eigenvalue weighted by Gasteiger charge is 2.22. The van der Waals surface area contributed by atoms with Crippen molar-refractivity contribution in [1.82, 2.24) is 10.2 Å². The van der Waals surface area contributed by atoms with Crippen molar-refractivity contribution in [3.8, 4) is 0 Å². The van der Waals surface area contributed by atoms with Crippen molar-refractivity contribution in [3.63, 3.8) is 0 Å². The number of carbonyl (C=O) groups excluding carboxylic acids is 1. The van der Waals surface area contributed by atoms with Crippen LogP contribution in [0.5, 0.6) is 0 Å². The number of hydrogen-bond acceptors (Lipinski definition) is 3. The van der Waals surface area contributed by atoms with Crippen LogP contribution in [0.1, 0.15) is 12.8 Å². The van der Waals surface area contributed by atoms with Crippen molar-refractivity contribution in [2.75, 3.05) is 45.2 Å². The van der Waals surface area contributed by atoms with Gasteiger partial charge in [-0.05, 0) is 43.5 Å². The molecule has 128 valence electrons. The van der Waals surface area contributed by atoms with Crippen LogP contribution >= 0.6 is 11.6 Å². The van der Waals surface area contributed by atoms with E-state index in [0.29, 0.717) is 18.2 Å². The number of methoxy groups -OCH3 is 1. The molecule has 1 atom stereocenters. The number of nitrogens with zero attached hydrogens (tertiary/aromatic N) is 1. The van der Waals surface area contributed by atoms with Crippen LogP contribution in [0.15, 0.2) is 18.2 Å². The van der Waals surface area contributed by atoms with Gasteiger partial charge in [0.2, 0.25) is 0 Å². The lowest BCUT2D eigenvalue weighted by atomic mass is 10.1. The number of likely N-dealkylation sites (tertiary alicyclic amines) is 1. The Morgan fingerprint density at radius 3 is 3.09 bits per heavy atom. The summed E-state index contributed by atoms with van der Waals surface area (Å²) in [5.74, 6) is 0.0208. The van der Waals surface area contributed by atoms with E-state index >= 15 is 0 Å². The molecule has 7 heteroatoms. The Bertz CT molecular complexity index is 530. The first kappa shape index (κ1) is 18.0. The Labute approximate surface area is 141 Å². The van der Waals surface area contributed by atoms with E-state index in [1.54, 1.807) is 7.11 Å². The Morgan fingerprint density at radius 1 is 1.52 bits per heavy atom. The molecule has 1 saturated heterocycles. The van der Waals surface area contributed by atoms with E-state index in [1.807, 2.05) is 0 Å². The highest BCUT2D eigenvalue weighted by Crippen LogP contribution is 2.22. The van der Waals surface area contributed by atoms with Crippen LogP contribution < -0.4 is 10.6 Å². The number of nitrogens with one attached hydrogen (secondary N) is 2. The largest absolute Gasteiger partial charge is 0.385 e. The van der Waals surface area contributed by atoms with E-state index in [-0.39, 0.29) is 11.1 Å². The quantitative estimate of drug-likeness (QED) is 0.748. The first-order chi connectivity index (χ1) is 11.1. The van der Waals surface area contributed by atoms with Crippen LogP contribution in [0.25, 0.3) is 0 Å². The molecule has 0 aliphatic carbocycles. The molecule has 0 spiro atoms. The number of carbonyl (C=O) groups is 1. The summed E-state index contributed by atoms with van der Waals surface area (Å²) in [7, 11) is 1.71. The Morgan fingerprint density at radius 2 is 2.35 bits per heavy atom. The number of benzene rings is 1. The highest BCUT2D eigenvalue weighted by molar-refractivity contribution is 6.33. The number of amides is 2. The van der Waals surface area contributed by atoms with Gasteiger partial charge in [0.1, 0.15) is 5.82 Å². The molecule has 1 aliphatic rings. The third-order valence-electron chi connectivity index (χ3n) is 3.92. The summed E-state index contributed by atoms with van der Waals surface area (Å²) in [6.45, 7) is 4.47. The minimum atomic E-state index is -0.430. The van der Waals surface area contributed by atoms with Crippen molar-refractivity contribution < 1.29 is 13.9 Å². The van der Waals surface area contributed by atoms with Gasteiger partial charge in [0.05, 0.1) is 10.7 Å². The molecule has 0 saturated carbocycles. The van der Waals surface area contributed by atoms with Crippen molar-refractivity contribution in [3.05, 3.63) is 29.0 Å². The van der Waals surface area contributed by atoms with Crippen molar-refractivity contribution in [2.24, 2.45) is 5.92 Å². The topological polar surface area (TPSA) is 53.6 Å². The molecule has 2 N–H and O–H groups in total. The summed E-state index contributed by atoms with van der Waals surface area (Å²) in [6.07, 6.45) is 2.10. The van der Waals surface area contributed by atoms with Crippen molar-refractivity contribution >= 4 is 23.3 Å². The summed E-state index contributed by atoms with van der Waals surface area (Å²) < 4.78 is 18.0. The van der Waals surface area contributed by atoms with Gasteiger partial charge in [-0.1, -0.05) is 11.6 Å². The van der Waals surface area contributed by atoms with Crippen LogP contribution in [-0.2, 0) is 4.74 Å². The molecule has 5 nitrogen and oxygen atoms in total. The molecule has 0 radical (unpaired) electrons. The van der Waals surface area contributed by atoms with Crippen LogP contribution in [0, 0.1) is 11.7 Å². The third-order valence-corrected chi connectivity index (χ3v) is 4.24. The van der Waals surface area contributed by atoms with E-state index in [2.05, 4.69) is 15.5 Å². The summed E-state index contributed by atoms with van der Waals surface area (Å²) in [4.78, 5) is 14.3. The van der Waals surface area contributed by atoms with Crippen molar-refractivity contribution in [1.29, 1.82) is 0 Å². The molecule has 0 unspecified atom stereocenters. The molecule has 1 heterocycles. The molecule has 2 amide bonds. The zero-order valence-electron chi connectivity index (χ0n) is 13.3. The van der Waals surface area contributed by atoms with Gasteiger partial charge in [0.25, 0.3) is 0 Å². The second-order valence-corrected chi connectivity index (χ2v) is 6.17. The Hall–Kier alpha value is -1.37. The molecule has 1 aromatic carbocycles. The van der Waals surface area contributed by atoms with Gasteiger partial charge in [-0.2, -0.15) is 0 Å². The van der Waals surface area contributed by atoms with Gasteiger partial charge < -0.3 is 20.3 Å². The summed E-state index contributed by atoms with van der Waals surface area (Å²) in [5.41, 5.74) is 0.401. The van der Waals surface area contributed by atoms with Gasteiger partial charge in [0, 0.05) is 33.4 Å². The van der Waals surface area contributed by atoms with Gasteiger partial charge >= 0.3 is 6.03 Å². The Balaban J connectivity index is 1.69. The van der Waals surface area contributed by atoms with E-state index in [9.17, 15) is 9.18 Å². The smallest absolute Gasteiger partial charge is 0.319 e. The highest BCUT2D eigenvalue weighted by atomic mass is 35.5. The lowest BCUT2D eigenvalue weighted by molar-refractivity contribution is 0.178. The summed E-state index contributed by atoms with van der Waals surface area (Å²) in [5, 5.41) is 5.67. The number of ether oxygens (including phenoxy) is 1. The number of anilines is 1. The maximum atomic E-state index is 13.0. The first-order valence-electron chi connectivity index (χ1n) is 7.79. The van der Waals surface area contributed by atoms with Crippen molar-refractivity contribution in [2.45, 2.75) is 12.8 Å². The van der Waals surface area contributed by atoms with E-state index in [0.717, 1.165) is 39.1 Å². The minimum absolute atomic E-state index is 0.185. The fourth-order valence-electron chi connectivity index (χ4n) is 2.71. The van der Waals surface area contributed by atoms with Crippen LogP contribution in [0.3, 0.4) is 0 Å². The van der Waals surface area contributed by atoms with E-state index < -0.39 is 5.82 Å². The summed E-state index contributed by atoms with van der Waals surface area (Å²) >= 11 is 5.88. The lowest BCUT2D eigenvalue weighted by Gasteiger charge is -2.16. The molecular weight excluding hydrogens is 321 g/mol. The first-order valence-corrected chi connectivity index (χ1v) is 8.17.